The maximum Gasteiger partial charge on any atom is 0.319 e. The Labute approximate surface area is 263 Å². The van der Waals surface area contributed by atoms with Crippen LogP contribution in [0.5, 0.6) is 6.01 Å². The minimum Gasteiger partial charge on any atom is -0.463 e. The second-order valence-corrected chi connectivity index (χ2v) is 11.6. The van der Waals surface area contributed by atoms with Crippen molar-refractivity contribution in [2.75, 3.05) is 56.6 Å². The van der Waals surface area contributed by atoms with E-state index in [1.165, 1.54) is 12.3 Å². The Kier molecular flexibility index (Phi) is 8.74. The predicted octanol–water partition coefficient (Wildman–Crippen LogP) is 5.35. The summed E-state index contributed by atoms with van der Waals surface area (Å²) in [6.45, 7) is 5.65. The van der Waals surface area contributed by atoms with Crippen LogP contribution in [0.3, 0.4) is 0 Å². The third kappa shape index (κ3) is 5.85. The predicted molar refractivity (Wildman–Crippen MR) is 168 cm³/mol. The lowest BCUT2D eigenvalue weighted by atomic mass is 9.98. The number of nitrogens with two attached hydrogens (primary N) is 1. The molecule has 0 aliphatic carbocycles. The number of anilines is 2. The summed E-state index contributed by atoms with van der Waals surface area (Å²) in [4.78, 5) is 27.9. The number of nitrogen functional groups attached to an aromatic ring is 1. The Hall–Kier alpha value is -4.47. The molecule has 2 aliphatic heterocycles. The fourth-order valence-corrected chi connectivity index (χ4v) is 6.62. The highest BCUT2D eigenvalue weighted by molar-refractivity contribution is 6.34. The number of benzene rings is 2. The summed E-state index contributed by atoms with van der Waals surface area (Å²) < 4.78 is 40.0. The van der Waals surface area contributed by atoms with E-state index in [4.69, 9.17) is 36.5 Å². The second kappa shape index (κ2) is 12.9. The van der Waals surface area contributed by atoms with Crippen molar-refractivity contribution in [3.8, 4) is 23.2 Å². The van der Waals surface area contributed by atoms with Crippen LogP contribution in [0.1, 0.15) is 19.3 Å². The van der Waals surface area contributed by atoms with Crippen molar-refractivity contribution < 1.29 is 22.7 Å². The van der Waals surface area contributed by atoms with Gasteiger partial charge in [-0.05, 0) is 55.3 Å². The fraction of sp³-hybridized carbons (Fsp3) is 0.375. The molecule has 0 radical (unpaired) electrons. The molecule has 234 valence electrons. The van der Waals surface area contributed by atoms with Gasteiger partial charge in [-0.25, -0.2) is 8.78 Å². The van der Waals surface area contributed by atoms with Crippen LogP contribution < -0.4 is 15.4 Å². The van der Waals surface area contributed by atoms with Crippen LogP contribution >= 0.6 is 11.6 Å². The Bertz CT molecular complexity index is 1810. The first-order valence-corrected chi connectivity index (χ1v) is 15.1. The molecule has 2 aromatic heterocycles. The lowest BCUT2D eigenvalue weighted by Crippen LogP contribution is -2.55. The zero-order valence-electron chi connectivity index (χ0n) is 24.5. The molecule has 0 spiro atoms. The molecule has 0 saturated carbocycles. The maximum absolute atomic E-state index is 14.7. The highest BCUT2D eigenvalue weighted by Crippen LogP contribution is 2.43. The van der Waals surface area contributed by atoms with Crippen molar-refractivity contribution in [2.45, 2.75) is 31.3 Å². The molecule has 13 heteroatoms. The summed E-state index contributed by atoms with van der Waals surface area (Å²) in [5, 5.41) is 10.7. The van der Waals surface area contributed by atoms with Crippen LogP contribution in [0.4, 0.5) is 20.3 Å². The van der Waals surface area contributed by atoms with Crippen LogP contribution in [0.15, 0.2) is 47.6 Å². The lowest BCUT2D eigenvalue weighted by molar-refractivity contribution is -0.128. The van der Waals surface area contributed by atoms with Gasteiger partial charge in [-0.2, -0.15) is 15.2 Å². The first-order chi connectivity index (χ1) is 21.8. The van der Waals surface area contributed by atoms with Crippen molar-refractivity contribution in [3.63, 3.8) is 0 Å². The molecule has 0 bridgehead atoms. The number of rotatable bonds is 9. The number of hydrogen-bond donors (Lipinski definition) is 1. The smallest absolute Gasteiger partial charge is 0.319 e. The SMILES string of the molecule is C=CC(=O)N1CCN(c2nc(OC[C@@H]3CCCN3CCF)nc3cc(-c4cc(N)cc(F)c4Cl)c4ccoc4c23)C[C@@H]1CC#N. The molecule has 2 saturated heterocycles. The second-order valence-electron chi connectivity index (χ2n) is 11.2. The van der Waals surface area contributed by atoms with Gasteiger partial charge in [-0.15, -0.1) is 0 Å². The van der Waals surface area contributed by atoms with E-state index >= 15 is 0 Å². The van der Waals surface area contributed by atoms with Gasteiger partial charge in [0.15, 0.2) is 0 Å². The number of carbonyl (C=O) groups excluding carboxylic acids is 1. The van der Waals surface area contributed by atoms with Gasteiger partial charge >= 0.3 is 6.01 Å². The van der Waals surface area contributed by atoms with Gasteiger partial charge in [0.2, 0.25) is 5.91 Å². The van der Waals surface area contributed by atoms with Crippen molar-refractivity contribution in [3.05, 3.63) is 54.0 Å². The van der Waals surface area contributed by atoms with E-state index in [0.717, 1.165) is 25.5 Å². The van der Waals surface area contributed by atoms with Crippen molar-refractivity contribution >= 4 is 50.9 Å². The average molecular weight is 636 g/mol. The summed E-state index contributed by atoms with van der Waals surface area (Å²) in [6, 6.07) is 8.20. The first-order valence-electron chi connectivity index (χ1n) is 14.8. The number of amides is 1. The van der Waals surface area contributed by atoms with E-state index in [-0.39, 0.29) is 41.7 Å². The maximum atomic E-state index is 14.7. The van der Waals surface area contributed by atoms with Crippen LogP contribution in [-0.2, 0) is 4.79 Å². The lowest BCUT2D eigenvalue weighted by Gasteiger charge is -2.41. The van der Waals surface area contributed by atoms with Crippen molar-refractivity contribution in [1.82, 2.24) is 19.8 Å². The molecule has 0 unspecified atom stereocenters. The normalized spacial score (nSPS) is 18.9. The number of piperazine rings is 1. The number of nitriles is 1. The van der Waals surface area contributed by atoms with E-state index < -0.39 is 18.5 Å². The fourth-order valence-electron chi connectivity index (χ4n) is 6.41. The standard InChI is InChI=1S/C32H32ClF2N7O3/c1-2-27(43)42-12-11-41(17-20(42)5-8-36)31-28-26(38-32(39-31)45-18-21-4-3-9-40(21)10-7-34)16-23(22-6-13-44-30(22)28)24-14-19(37)15-25(35)29(24)33/h2,6,13-16,20-21H,1,3-5,7,9-12,17-18,37H2/t20-,21-/m0/s1. The highest BCUT2D eigenvalue weighted by Gasteiger charge is 2.33. The Morgan fingerprint density at radius 1 is 1.24 bits per heavy atom. The minimum absolute atomic E-state index is 0.0224. The van der Waals surface area contributed by atoms with E-state index in [0.29, 0.717) is 65.0 Å². The molecule has 6 rings (SSSR count). The number of furan rings is 1. The van der Waals surface area contributed by atoms with Crippen molar-refractivity contribution in [2.24, 2.45) is 0 Å². The van der Waals surface area contributed by atoms with Gasteiger partial charge in [0.05, 0.1) is 40.7 Å². The first kappa shape index (κ1) is 30.6. The number of fused-ring (bicyclic) bond motifs is 3. The quantitative estimate of drug-likeness (QED) is 0.191. The van der Waals surface area contributed by atoms with E-state index in [1.807, 2.05) is 4.90 Å². The minimum atomic E-state index is -0.652. The van der Waals surface area contributed by atoms with Crippen LogP contribution in [-0.4, -0.2) is 83.8 Å². The molecule has 2 atom stereocenters. The molecular formula is C32H32ClF2N7O3. The van der Waals surface area contributed by atoms with Gasteiger partial charge in [0, 0.05) is 48.9 Å². The molecule has 2 aliphatic rings. The molecule has 2 fully saturated rings. The number of aromatic nitrogens is 2. The molecule has 10 nitrogen and oxygen atoms in total. The van der Waals surface area contributed by atoms with E-state index in [9.17, 15) is 18.8 Å². The van der Waals surface area contributed by atoms with Gasteiger partial charge in [0.25, 0.3) is 0 Å². The average Bonchev–Trinajstić information content (AvgIpc) is 3.71. The number of alkyl halides is 1. The molecular weight excluding hydrogens is 604 g/mol. The molecule has 2 N–H and O–H groups in total. The third-order valence-electron chi connectivity index (χ3n) is 8.54. The zero-order valence-corrected chi connectivity index (χ0v) is 25.3. The van der Waals surface area contributed by atoms with E-state index in [2.05, 4.69) is 17.5 Å². The molecule has 2 aromatic carbocycles. The Morgan fingerprint density at radius 3 is 2.87 bits per heavy atom. The van der Waals surface area contributed by atoms with Crippen molar-refractivity contribution in [1.29, 1.82) is 5.26 Å². The zero-order chi connectivity index (χ0) is 31.7. The van der Waals surface area contributed by atoms with E-state index in [1.54, 1.807) is 23.1 Å². The monoisotopic (exact) mass is 635 g/mol. The number of carbonyl (C=O) groups is 1. The number of hydrogen-bond acceptors (Lipinski definition) is 9. The summed E-state index contributed by atoms with van der Waals surface area (Å²) >= 11 is 6.44. The molecule has 4 aromatic rings. The number of halogens is 3. The Morgan fingerprint density at radius 2 is 2.09 bits per heavy atom. The van der Waals surface area contributed by atoms with Gasteiger partial charge in [-0.1, -0.05) is 18.2 Å². The molecule has 4 heterocycles. The molecule has 1 amide bonds. The highest BCUT2D eigenvalue weighted by atomic mass is 35.5. The van der Waals surface area contributed by atoms with Gasteiger partial charge in [0.1, 0.15) is 30.5 Å². The summed E-state index contributed by atoms with van der Waals surface area (Å²) in [6.07, 6.45) is 4.71. The third-order valence-corrected chi connectivity index (χ3v) is 8.93. The summed E-state index contributed by atoms with van der Waals surface area (Å²) in [7, 11) is 0. The van der Waals surface area contributed by atoms with Gasteiger partial charge < -0.3 is 24.7 Å². The van der Waals surface area contributed by atoms with Gasteiger partial charge in [-0.3, -0.25) is 9.69 Å². The topological polar surface area (TPSA) is 125 Å². The largest absolute Gasteiger partial charge is 0.463 e. The summed E-state index contributed by atoms with van der Waals surface area (Å²) in [5.41, 5.74) is 8.06. The Balaban J connectivity index is 1.48. The van der Waals surface area contributed by atoms with Crippen LogP contribution in [0.25, 0.3) is 33.0 Å². The number of likely N-dealkylation sites (tertiary alicyclic amines) is 1. The number of ether oxygens (including phenoxy) is 1. The summed E-state index contributed by atoms with van der Waals surface area (Å²) in [5.74, 6) is -0.391. The van der Waals surface area contributed by atoms with Crippen LogP contribution in [0.2, 0.25) is 5.02 Å². The molecule has 45 heavy (non-hydrogen) atoms. The van der Waals surface area contributed by atoms with Crippen LogP contribution in [0, 0.1) is 17.1 Å². The number of nitrogens with zero attached hydrogens (tertiary/aromatic N) is 6.